The van der Waals surface area contributed by atoms with Gasteiger partial charge in [0, 0.05) is 28.6 Å². The van der Waals surface area contributed by atoms with Crippen LogP contribution >= 0.6 is 0 Å². The van der Waals surface area contributed by atoms with Crippen molar-refractivity contribution in [1.82, 2.24) is 9.99 Å². The van der Waals surface area contributed by atoms with E-state index in [0.717, 1.165) is 22.5 Å². The van der Waals surface area contributed by atoms with Gasteiger partial charge in [-0.25, -0.2) is 10.2 Å². The van der Waals surface area contributed by atoms with E-state index in [9.17, 15) is 19.7 Å². The molecule has 0 aliphatic carbocycles. The highest BCUT2D eigenvalue weighted by Crippen LogP contribution is 2.27. The number of carbonyl (C=O) groups is 2. The molecule has 3 aromatic rings. The van der Waals surface area contributed by atoms with Crippen LogP contribution < -0.4 is 5.43 Å². The number of aromatic nitrogens is 1. The predicted octanol–water partition coefficient (Wildman–Crippen LogP) is 4.25. The maximum Gasteiger partial charge on any atom is 0.345 e. The smallest absolute Gasteiger partial charge is 0.345 e. The molecule has 1 heterocycles. The van der Waals surface area contributed by atoms with Crippen molar-refractivity contribution in [3.63, 3.8) is 0 Å². The molecule has 0 aliphatic heterocycles. The Morgan fingerprint density at radius 3 is 2.52 bits per heavy atom. The molecule has 0 aliphatic rings. The summed E-state index contributed by atoms with van der Waals surface area (Å²) in [7, 11) is 0. The van der Waals surface area contributed by atoms with Crippen LogP contribution in [0.25, 0.3) is 5.69 Å². The lowest BCUT2D eigenvalue weighted by Crippen LogP contribution is -2.18. The number of carbonyl (C=O) groups excluding carboxylic acids is 2. The summed E-state index contributed by atoms with van der Waals surface area (Å²) >= 11 is 0. The molecule has 0 atom stereocenters. The lowest BCUT2D eigenvalue weighted by atomic mass is 10.1. The van der Waals surface area contributed by atoms with E-state index in [4.69, 9.17) is 4.74 Å². The van der Waals surface area contributed by atoms with Crippen molar-refractivity contribution in [2.24, 2.45) is 5.10 Å². The van der Waals surface area contributed by atoms with E-state index >= 15 is 0 Å². The Hall–Kier alpha value is -4.27. The number of esters is 1. The van der Waals surface area contributed by atoms with Crippen molar-refractivity contribution in [3.05, 3.63) is 92.3 Å². The zero-order chi connectivity index (χ0) is 24.1. The number of nitro groups is 1. The van der Waals surface area contributed by atoms with E-state index in [1.807, 2.05) is 43.5 Å². The second kappa shape index (κ2) is 9.90. The molecule has 9 nitrogen and oxygen atoms in total. The summed E-state index contributed by atoms with van der Waals surface area (Å²) in [5.74, 6) is -1.06. The Bertz CT molecular complexity index is 1260. The molecule has 0 radical (unpaired) electrons. The van der Waals surface area contributed by atoms with Crippen molar-refractivity contribution in [2.75, 3.05) is 6.61 Å². The highest BCUT2D eigenvalue weighted by Gasteiger charge is 2.23. The van der Waals surface area contributed by atoms with E-state index in [-0.39, 0.29) is 23.8 Å². The summed E-state index contributed by atoms with van der Waals surface area (Å²) in [6, 6.07) is 13.4. The molecule has 0 fully saturated rings. The topological polar surface area (TPSA) is 116 Å². The van der Waals surface area contributed by atoms with Gasteiger partial charge in [0.05, 0.1) is 23.4 Å². The van der Waals surface area contributed by atoms with Gasteiger partial charge in [-0.1, -0.05) is 18.2 Å². The Morgan fingerprint density at radius 2 is 1.85 bits per heavy atom. The molecule has 0 saturated carbocycles. The quantitative estimate of drug-likeness (QED) is 0.251. The zero-order valence-electron chi connectivity index (χ0n) is 18.8. The van der Waals surface area contributed by atoms with Crippen molar-refractivity contribution < 1.29 is 19.2 Å². The van der Waals surface area contributed by atoms with Crippen molar-refractivity contribution in [3.8, 4) is 5.69 Å². The van der Waals surface area contributed by atoms with Crippen molar-refractivity contribution >= 4 is 23.8 Å². The number of nitrogens with one attached hydrogen (secondary N) is 1. The highest BCUT2D eigenvalue weighted by molar-refractivity contribution is 5.96. The normalized spacial score (nSPS) is 10.9. The van der Waals surface area contributed by atoms with Crippen molar-refractivity contribution in [1.29, 1.82) is 0 Å². The largest absolute Gasteiger partial charge is 0.462 e. The minimum Gasteiger partial charge on any atom is -0.462 e. The average Bonchev–Trinajstić information content (AvgIpc) is 3.06. The molecular formula is C24H24N4O5. The molecule has 0 unspecified atom stereocenters. The fourth-order valence-electron chi connectivity index (χ4n) is 3.56. The van der Waals surface area contributed by atoms with E-state index in [1.165, 1.54) is 18.3 Å². The third-order valence-electron chi connectivity index (χ3n) is 5.16. The van der Waals surface area contributed by atoms with E-state index < -0.39 is 10.9 Å². The van der Waals surface area contributed by atoms with Crippen LogP contribution in [0.4, 0.5) is 5.69 Å². The molecule has 170 valence electrons. The number of hydrogen-bond donors (Lipinski definition) is 1. The number of ether oxygens (including phenoxy) is 1. The molecule has 33 heavy (non-hydrogen) atoms. The third kappa shape index (κ3) is 4.98. The van der Waals surface area contributed by atoms with Crippen molar-refractivity contribution in [2.45, 2.75) is 27.7 Å². The molecule has 1 aromatic heterocycles. The maximum absolute atomic E-state index is 12.3. The first-order valence-electron chi connectivity index (χ1n) is 10.3. The van der Waals surface area contributed by atoms with Gasteiger partial charge in [-0.15, -0.1) is 0 Å². The van der Waals surface area contributed by atoms with E-state index in [2.05, 4.69) is 10.5 Å². The first-order chi connectivity index (χ1) is 15.7. The first kappa shape index (κ1) is 23.4. The molecule has 1 N–H and O–H groups in total. The van der Waals surface area contributed by atoms with Crippen LogP contribution in [0.2, 0.25) is 0 Å². The fraction of sp³-hybridized carbons (Fsp3) is 0.208. The van der Waals surface area contributed by atoms with Crippen LogP contribution in [-0.2, 0) is 4.74 Å². The van der Waals surface area contributed by atoms with E-state index in [0.29, 0.717) is 11.3 Å². The summed E-state index contributed by atoms with van der Waals surface area (Å²) < 4.78 is 6.73. The number of nitro benzene ring substituents is 1. The lowest BCUT2D eigenvalue weighted by Gasteiger charge is -2.11. The number of hydrogen-bond acceptors (Lipinski definition) is 6. The summed E-state index contributed by atoms with van der Waals surface area (Å²) in [4.78, 5) is 35.4. The number of rotatable bonds is 7. The van der Waals surface area contributed by atoms with Crippen LogP contribution in [0.5, 0.6) is 0 Å². The Morgan fingerprint density at radius 1 is 1.12 bits per heavy atom. The molecule has 0 spiro atoms. The van der Waals surface area contributed by atoms with Crippen LogP contribution in [-0.4, -0.2) is 34.2 Å². The summed E-state index contributed by atoms with van der Waals surface area (Å²) in [6.45, 7) is 7.29. The van der Waals surface area contributed by atoms with Gasteiger partial charge >= 0.3 is 5.97 Å². The van der Waals surface area contributed by atoms with Gasteiger partial charge in [-0.2, -0.15) is 5.10 Å². The van der Waals surface area contributed by atoms with Gasteiger partial charge in [-0.3, -0.25) is 14.9 Å². The van der Waals surface area contributed by atoms with Gasteiger partial charge in [-0.05, 0) is 57.5 Å². The number of nitrogens with zero attached hydrogens (tertiary/aromatic N) is 3. The molecule has 1 amide bonds. The third-order valence-corrected chi connectivity index (χ3v) is 5.16. The Kier molecular flexibility index (Phi) is 7.02. The van der Waals surface area contributed by atoms with Crippen LogP contribution in [0.1, 0.15) is 50.2 Å². The van der Waals surface area contributed by atoms with Gasteiger partial charge in [0.1, 0.15) is 5.56 Å². The zero-order valence-corrected chi connectivity index (χ0v) is 18.8. The molecule has 3 rings (SSSR count). The molecule has 0 bridgehead atoms. The summed E-state index contributed by atoms with van der Waals surface area (Å²) in [6.07, 6.45) is 1.52. The molecule has 0 saturated heterocycles. The van der Waals surface area contributed by atoms with Crippen LogP contribution in [0.3, 0.4) is 0 Å². The van der Waals surface area contributed by atoms with Gasteiger partial charge in [0.15, 0.2) is 0 Å². The molecule has 2 aromatic carbocycles. The predicted molar refractivity (Wildman–Crippen MR) is 124 cm³/mol. The highest BCUT2D eigenvalue weighted by atomic mass is 16.6. The summed E-state index contributed by atoms with van der Waals surface area (Å²) in [5.41, 5.74) is 6.28. The minimum absolute atomic E-state index is 0.103. The number of hydrazone groups is 1. The molecular weight excluding hydrogens is 424 g/mol. The van der Waals surface area contributed by atoms with Gasteiger partial charge in [0.25, 0.3) is 11.6 Å². The van der Waals surface area contributed by atoms with Gasteiger partial charge in [0.2, 0.25) is 0 Å². The minimum atomic E-state index is -0.742. The first-order valence-corrected chi connectivity index (χ1v) is 10.3. The average molecular weight is 448 g/mol. The monoisotopic (exact) mass is 448 g/mol. The Labute approximate surface area is 190 Å². The Balaban J connectivity index is 1.89. The maximum atomic E-state index is 12.3. The number of benzene rings is 2. The summed E-state index contributed by atoms with van der Waals surface area (Å²) in [5, 5.41) is 15.6. The molecule has 9 heteroatoms. The van der Waals surface area contributed by atoms with E-state index in [1.54, 1.807) is 25.1 Å². The van der Waals surface area contributed by atoms with Gasteiger partial charge < -0.3 is 9.30 Å². The number of amides is 1. The SMILES string of the molecule is CCOC(=O)c1ccc(-n2c(C)cc(/C=N\NC(=O)c3ccccc3C)c2C)cc1[N+](=O)[O-]. The lowest BCUT2D eigenvalue weighted by molar-refractivity contribution is -0.385. The van der Waals surface area contributed by atoms with Crippen LogP contribution in [0.15, 0.2) is 53.6 Å². The van der Waals surface area contributed by atoms with Crippen LogP contribution in [0, 0.1) is 30.9 Å². The second-order valence-electron chi connectivity index (χ2n) is 7.35. The number of aryl methyl sites for hydroxylation is 2. The fourth-order valence-corrected chi connectivity index (χ4v) is 3.56. The standard InChI is InChI=1S/C24H24N4O5/c1-5-33-24(30)21-11-10-19(13-22(21)28(31)32)27-16(3)12-18(17(27)4)14-25-26-23(29)20-9-7-6-8-15(20)2/h6-14H,5H2,1-4H3,(H,26,29)/b25-14-. The second-order valence-corrected chi connectivity index (χ2v) is 7.35.